The predicted molar refractivity (Wildman–Crippen MR) is 87.6 cm³/mol. The fourth-order valence-electron chi connectivity index (χ4n) is 3.17. The smallest absolute Gasteiger partial charge is 0.106 e. The van der Waals surface area contributed by atoms with Crippen LogP contribution in [-0.4, -0.2) is 0 Å². The van der Waals surface area contributed by atoms with E-state index in [1.165, 1.54) is 16.3 Å². The zero-order chi connectivity index (χ0) is 15.1. The summed E-state index contributed by atoms with van der Waals surface area (Å²) in [6.45, 7) is 8.20. The first-order valence-corrected chi connectivity index (χ1v) is 7.31. The van der Waals surface area contributed by atoms with Crippen LogP contribution in [0.15, 0.2) is 40.8 Å². The second-order valence-corrected chi connectivity index (χ2v) is 5.75. The molecule has 1 atom stereocenters. The summed E-state index contributed by atoms with van der Waals surface area (Å²) < 4.78 is 5.74. The lowest BCUT2D eigenvalue weighted by Crippen LogP contribution is -2.14. The maximum atomic E-state index is 6.59. The van der Waals surface area contributed by atoms with E-state index < -0.39 is 0 Å². The van der Waals surface area contributed by atoms with Crippen molar-refractivity contribution < 1.29 is 4.42 Å². The van der Waals surface area contributed by atoms with Gasteiger partial charge in [-0.1, -0.05) is 36.4 Å². The van der Waals surface area contributed by atoms with Crippen LogP contribution in [0.25, 0.3) is 10.8 Å². The highest BCUT2D eigenvalue weighted by atomic mass is 16.3. The summed E-state index contributed by atoms with van der Waals surface area (Å²) >= 11 is 0. The monoisotopic (exact) mass is 279 g/mol. The summed E-state index contributed by atoms with van der Waals surface area (Å²) in [5, 5.41) is 2.49. The maximum Gasteiger partial charge on any atom is 0.106 e. The molecule has 2 nitrogen and oxygen atoms in total. The molecule has 1 heterocycles. The van der Waals surface area contributed by atoms with E-state index in [9.17, 15) is 0 Å². The molecular formula is C19H21NO. The van der Waals surface area contributed by atoms with Crippen LogP contribution in [0, 0.1) is 27.7 Å². The Morgan fingerprint density at radius 3 is 2.14 bits per heavy atom. The van der Waals surface area contributed by atoms with Crippen LogP contribution in [0.2, 0.25) is 0 Å². The Morgan fingerprint density at radius 2 is 1.52 bits per heavy atom. The van der Waals surface area contributed by atoms with E-state index in [1.807, 2.05) is 13.8 Å². The molecule has 0 aliphatic rings. The summed E-state index contributed by atoms with van der Waals surface area (Å²) in [4.78, 5) is 0. The van der Waals surface area contributed by atoms with E-state index in [0.717, 1.165) is 28.2 Å². The number of rotatable bonds is 2. The quantitative estimate of drug-likeness (QED) is 0.737. The largest absolute Gasteiger partial charge is 0.466 e. The van der Waals surface area contributed by atoms with Gasteiger partial charge in [0.15, 0.2) is 0 Å². The minimum Gasteiger partial charge on any atom is -0.466 e. The van der Waals surface area contributed by atoms with Crippen molar-refractivity contribution in [3.05, 3.63) is 70.2 Å². The topological polar surface area (TPSA) is 39.2 Å². The Hall–Kier alpha value is -2.06. The van der Waals surface area contributed by atoms with E-state index in [0.29, 0.717) is 0 Å². The van der Waals surface area contributed by atoms with Crippen molar-refractivity contribution >= 4 is 10.8 Å². The second-order valence-electron chi connectivity index (χ2n) is 5.75. The molecular weight excluding hydrogens is 258 g/mol. The van der Waals surface area contributed by atoms with Crippen molar-refractivity contribution in [2.45, 2.75) is 33.7 Å². The number of hydrogen-bond acceptors (Lipinski definition) is 2. The lowest BCUT2D eigenvalue weighted by atomic mass is 9.91. The number of fused-ring (bicyclic) bond motifs is 1. The summed E-state index contributed by atoms with van der Waals surface area (Å²) in [5.74, 6) is 1.87. The molecule has 21 heavy (non-hydrogen) atoms. The molecule has 0 fully saturated rings. The van der Waals surface area contributed by atoms with Crippen molar-refractivity contribution in [3.8, 4) is 0 Å². The molecule has 0 aliphatic carbocycles. The minimum atomic E-state index is -0.159. The average molecular weight is 279 g/mol. The molecule has 1 unspecified atom stereocenters. The van der Waals surface area contributed by atoms with E-state index >= 15 is 0 Å². The van der Waals surface area contributed by atoms with Gasteiger partial charge in [-0.2, -0.15) is 0 Å². The molecule has 0 bridgehead atoms. The third-order valence-electron chi connectivity index (χ3n) is 4.44. The van der Waals surface area contributed by atoms with Gasteiger partial charge in [0.25, 0.3) is 0 Å². The van der Waals surface area contributed by atoms with Crippen molar-refractivity contribution in [3.63, 3.8) is 0 Å². The zero-order valence-corrected chi connectivity index (χ0v) is 13.0. The van der Waals surface area contributed by atoms with Gasteiger partial charge < -0.3 is 10.2 Å². The molecule has 0 saturated heterocycles. The molecule has 0 amide bonds. The number of aryl methyl sites for hydroxylation is 3. The molecule has 0 aliphatic heterocycles. The molecule has 3 rings (SSSR count). The highest BCUT2D eigenvalue weighted by Gasteiger charge is 2.21. The van der Waals surface area contributed by atoms with Gasteiger partial charge in [0.2, 0.25) is 0 Å². The van der Waals surface area contributed by atoms with Crippen molar-refractivity contribution in [2.24, 2.45) is 5.73 Å². The van der Waals surface area contributed by atoms with E-state index in [-0.39, 0.29) is 6.04 Å². The van der Waals surface area contributed by atoms with Gasteiger partial charge in [-0.3, -0.25) is 0 Å². The lowest BCUT2D eigenvalue weighted by Gasteiger charge is -2.16. The minimum absolute atomic E-state index is 0.159. The van der Waals surface area contributed by atoms with Gasteiger partial charge in [-0.05, 0) is 55.2 Å². The molecule has 2 heteroatoms. The average Bonchev–Trinajstić information content (AvgIpc) is 2.72. The van der Waals surface area contributed by atoms with Crippen molar-refractivity contribution in [1.82, 2.24) is 0 Å². The van der Waals surface area contributed by atoms with Gasteiger partial charge >= 0.3 is 0 Å². The van der Waals surface area contributed by atoms with Crippen LogP contribution in [0.5, 0.6) is 0 Å². The third-order valence-corrected chi connectivity index (χ3v) is 4.44. The van der Waals surface area contributed by atoms with Crippen molar-refractivity contribution in [1.29, 1.82) is 0 Å². The molecule has 2 N–H and O–H groups in total. The number of nitrogens with two attached hydrogens (primary N) is 1. The number of benzene rings is 2. The standard InChI is InChI=1S/C19H21NO/c1-11-9-10-17(16-8-6-5-7-15(11)16)19(20)18-12(2)13(3)21-14(18)4/h5-10,19H,20H2,1-4H3. The van der Waals surface area contributed by atoms with Crippen LogP contribution in [0.4, 0.5) is 0 Å². The highest BCUT2D eigenvalue weighted by molar-refractivity contribution is 5.89. The molecule has 0 radical (unpaired) electrons. The first kappa shape index (κ1) is 13.9. The Morgan fingerprint density at radius 1 is 0.857 bits per heavy atom. The van der Waals surface area contributed by atoms with Crippen LogP contribution >= 0.6 is 0 Å². The Labute approximate surface area is 125 Å². The fourth-order valence-corrected chi connectivity index (χ4v) is 3.17. The van der Waals surface area contributed by atoms with Crippen LogP contribution < -0.4 is 5.73 Å². The zero-order valence-electron chi connectivity index (χ0n) is 13.0. The molecule has 2 aromatic carbocycles. The summed E-state index contributed by atoms with van der Waals surface area (Å²) in [6.07, 6.45) is 0. The summed E-state index contributed by atoms with van der Waals surface area (Å²) in [5.41, 5.74) is 11.3. The summed E-state index contributed by atoms with van der Waals surface area (Å²) in [7, 11) is 0. The van der Waals surface area contributed by atoms with Crippen molar-refractivity contribution in [2.75, 3.05) is 0 Å². The molecule has 0 saturated carbocycles. The first-order valence-electron chi connectivity index (χ1n) is 7.31. The lowest BCUT2D eigenvalue weighted by molar-refractivity contribution is 0.498. The Balaban J connectivity index is 2.23. The maximum absolute atomic E-state index is 6.59. The van der Waals surface area contributed by atoms with Gasteiger partial charge in [-0.25, -0.2) is 0 Å². The van der Waals surface area contributed by atoms with Gasteiger partial charge in [0.1, 0.15) is 11.5 Å². The number of hydrogen-bond donors (Lipinski definition) is 1. The molecule has 1 aromatic heterocycles. The molecule has 108 valence electrons. The van der Waals surface area contributed by atoms with E-state index in [1.54, 1.807) is 0 Å². The first-order chi connectivity index (χ1) is 10.0. The fraction of sp³-hybridized carbons (Fsp3) is 0.263. The van der Waals surface area contributed by atoms with Gasteiger partial charge in [0, 0.05) is 5.56 Å². The second kappa shape index (κ2) is 5.05. The van der Waals surface area contributed by atoms with Gasteiger partial charge in [-0.15, -0.1) is 0 Å². The van der Waals surface area contributed by atoms with E-state index in [4.69, 9.17) is 10.2 Å². The van der Waals surface area contributed by atoms with Gasteiger partial charge in [0.05, 0.1) is 6.04 Å². The Kier molecular flexibility index (Phi) is 3.34. The van der Waals surface area contributed by atoms with Crippen LogP contribution in [0.1, 0.15) is 39.8 Å². The molecule has 0 spiro atoms. The van der Waals surface area contributed by atoms with Crippen LogP contribution in [-0.2, 0) is 0 Å². The van der Waals surface area contributed by atoms with Crippen LogP contribution in [0.3, 0.4) is 0 Å². The summed E-state index contributed by atoms with van der Waals surface area (Å²) in [6, 6.07) is 12.6. The normalized spacial score (nSPS) is 12.8. The number of furan rings is 1. The van der Waals surface area contributed by atoms with E-state index in [2.05, 4.69) is 50.2 Å². The molecule has 3 aromatic rings. The Bertz CT molecular complexity index is 814. The third kappa shape index (κ3) is 2.16. The predicted octanol–water partition coefficient (Wildman–Crippen LogP) is 4.71. The SMILES string of the molecule is Cc1oc(C)c(C(N)c2ccc(C)c3ccccc23)c1C. The highest BCUT2D eigenvalue weighted by Crippen LogP contribution is 2.34.